The number of carbonyl (C=O) groups excluding carboxylic acids is 1. The van der Waals surface area contributed by atoms with Crippen molar-refractivity contribution in [3.05, 3.63) is 20.8 Å². The summed E-state index contributed by atoms with van der Waals surface area (Å²) in [5.74, 6) is 0.405. The van der Waals surface area contributed by atoms with Gasteiger partial charge in [0.2, 0.25) is 0 Å². The Morgan fingerprint density at radius 3 is 2.93 bits per heavy atom. The van der Waals surface area contributed by atoms with Crippen LogP contribution in [0.3, 0.4) is 0 Å². The maximum absolute atomic E-state index is 12.0. The van der Waals surface area contributed by atoms with Gasteiger partial charge in [-0.1, -0.05) is 6.42 Å². The Labute approximate surface area is 102 Å². The molecule has 2 nitrogen and oxygen atoms in total. The molecule has 0 amide bonds. The van der Waals surface area contributed by atoms with E-state index < -0.39 is 0 Å². The molecule has 2 atom stereocenters. The van der Waals surface area contributed by atoms with Gasteiger partial charge < -0.3 is 5.73 Å². The maximum atomic E-state index is 12.0. The first-order valence-electron chi connectivity index (χ1n) is 5.18. The van der Waals surface area contributed by atoms with Gasteiger partial charge in [-0.2, -0.15) is 0 Å². The Bertz CT molecular complexity index is 363. The van der Waals surface area contributed by atoms with Gasteiger partial charge in [0.15, 0.2) is 0 Å². The Hall–Kier alpha value is -0.190. The molecule has 4 heteroatoms. The highest BCUT2D eigenvalue weighted by molar-refractivity contribution is 9.10. The minimum atomic E-state index is 0.0937. The normalized spacial score (nSPS) is 25.7. The molecule has 0 aliphatic heterocycles. The van der Waals surface area contributed by atoms with E-state index in [4.69, 9.17) is 5.73 Å². The number of thiophene rings is 1. The number of nitrogens with two attached hydrogens (primary N) is 1. The van der Waals surface area contributed by atoms with Crippen LogP contribution < -0.4 is 5.73 Å². The maximum Gasteiger partial charge on any atom is 0.142 e. The van der Waals surface area contributed by atoms with E-state index in [2.05, 4.69) is 15.9 Å². The van der Waals surface area contributed by atoms with Gasteiger partial charge in [-0.05, 0) is 40.2 Å². The van der Waals surface area contributed by atoms with Gasteiger partial charge in [0, 0.05) is 27.7 Å². The van der Waals surface area contributed by atoms with Crippen molar-refractivity contribution in [2.75, 3.05) is 0 Å². The van der Waals surface area contributed by atoms with Gasteiger partial charge in [0.1, 0.15) is 5.78 Å². The van der Waals surface area contributed by atoms with Crippen molar-refractivity contribution in [2.24, 2.45) is 11.7 Å². The minimum Gasteiger partial charge on any atom is -0.327 e. The molecule has 1 heterocycles. The van der Waals surface area contributed by atoms with Crippen molar-refractivity contribution in [1.82, 2.24) is 0 Å². The highest BCUT2D eigenvalue weighted by atomic mass is 79.9. The molecule has 0 spiro atoms. The third kappa shape index (κ3) is 2.49. The third-order valence-electron chi connectivity index (χ3n) is 3.01. The molecule has 0 bridgehead atoms. The molecule has 15 heavy (non-hydrogen) atoms. The summed E-state index contributed by atoms with van der Waals surface area (Å²) in [6.45, 7) is 0. The first-order chi connectivity index (χ1) is 7.18. The average molecular weight is 288 g/mol. The number of rotatable bonds is 3. The second kappa shape index (κ2) is 4.76. The Balaban J connectivity index is 2.01. The fourth-order valence-corrected chi connectivity index (χ4v) is 3.63. The zero-order valence-corrected chi connectivity index (χ0v) is 10.8. The number of Topliss-reactive ketones (excluding diaryl/α,β-unsaturated/α-hetero) is 1. The lowest BCUT2D eigenvalue weighted by Crippen LogP contribution is -2.31. The van der Waals surface area contributed by atoms with E-state index in [1.54, 1.807) is 11.3 Å². The van der Waals surface area contributed by atoms with Crippen LogP contribution in [0.15, 0.2) is 15.9 Å². The number of hydrogen-bond donors (Lipinski definition) is 1. The lowest BCUT2D eigenvalue weighted by molar-refractivity contribution is -0.122. The molecule has 0 aromatic carbocycles. The fourth-order valence-electron chi connectivity index (χ4n) is 2.13. The van der Waals surface area contributed by atoms with E-state index in [-0.39, 0.29) is 12.0 Å². The lowest BCUT2D eigenvalue weighted by atomic mass is 9.96. The molecule has 0 radical (unpaired) electrons. The van der Waals surface area contributed by atoms with Gasteiger partial charge in [-0.15, -0.1) is 11.3 Å². The Morgan fingerprint density at radius 2 is 2.40 bits per heavy atom. The Kier molecular flexibility index (Phi) is 3.59. The zero-order chi connectivity index (χ0) is 10.8. The summed E-state index contributed by atoms with van der Waals surface area (Å²) in [6, 6.07) is 2.08. The highest BCUT2D eigenvalue weighted by Gasteiger charge is 2.30. The molecule has 1 aliphatic rings. The average Bonchev–Trinajstić information content (AvgIpc) is 2.76. The molecule has 82 valence electrons. The third-order valence-corrected chi connectivity index (χ3v) is 4.94. The first kappa shape index (κ1) is 11.3. The van der Waals surface area contributed by atoms with E-state index in [0.717, 1.165) is 28.6 Å². The van der Waals surface area contributed by atoms with Crippen molar-refractivity contribution < 1.29 is 4.79 Å². The second-order valence-corrected chi connectivity index (χ2v) is 5.89. The van der Waals surface area contributed by atoms with Crippen LogP contribution >= 0.6 is 27.3 Å². The second-order valence-electron chi connectivity index (χ2n) is 4.04. The van der Waals surface area contributed by atoms with Crippen LogP contribution in [0.5, 0.6) is 0 Å². The van der Waals surface area contributed by atoms with E-state index in [1.807, 2.05) is 11.4 Å². The van der Waals surface area contributed by atoms with Gasteiger partial charge in [-0.3, -0.25) is 4.79 Å². The summed E-state index contributed by atoms with van der Waals surface area (Å²) in [5.41, 5.74) is 5.92. The smallest absolute Gasteiger partial charge is 0.142 e. The number of carbonyl (C=O) groups is 1. The number of hydrogen-bond acceptors (Lipinski definition) is 3. The molecule has 1 aromatic heterocycles. The quantitative estimate of drug-likeness (QED) is 0.929. The molecule has 2 rings (SSSR count). The molecular formula is C11H14BrNOS. The molecular weight excluding hydrogens is 274 g/mol. The van der Waals surface area contributed by atoms with Crippen LogP contribution in [0.25, 0.3) is 0 Å². The first-order valence-corrected chi connectivity index (χ1v) is 6.86. The fraction of sp³-hybridized carbons (Fsp3) is 0.545. The summed E-state index contributed by atoms with van der Waals surface area (Å²) in [4.78, 5) is 13.1. The van der Waals surface area contributed by atoms with Gasteiger partial charge >= 0.3 is 0 Å². The van der Waals surface area contributed by atoms with Crippen LogP contribution in [0.4, 0.5) is 0 Å². The van der Waals surface area contributed by atoms with Gasteiger partial charge in [0.05, 0.1) is 0 Å². The predicted octanol–water partition coefficient (Wildman–Crippen LogP) is 2.75. The van der Waals surface area contributed by atoms with Crippen LogP contribution in [0, 0.1) is 5.92 Å². The number of ketones is 1. The summed E-state index contributed by atoms with van der Waals surface area (Å²) in [7, 11) is 0. The van der Waals surface area contributed by atoms with E-state index in [0.29, 0.717) is 12.2 Å². The van der Waals surface area contributed by atoms with E-state index in [1.165, 1.54) is 0 Å². The molecule has 1 fully saturated rings. The van der Waals surface area contributed by atoms with E-state index >= 15 is 0 Å². The van der Waals surface area contributed by atoms with Crippen LogP contribution in [0.2, 0.25) is 0 Å². The largest absolute Gasteiger partial charge is 0.327 e. The summed E-state index contributed by atoms with van der Waals surface area (Å²) in [5, 5.41) is 2.00. The van der Waals surface area contributed by atoms with Crippen LogP contribution in [-0.2, 0) is 11.2 Å². The van der Waals surface area contributed by atoms with Crippen LogP contribution in [0.1, 0.15) is 24.1 Å². The standard InChI is InChI=1S/C11H14BrNOS/c12-8-4-5-15-11(8)6-10(14)7-2-1-3-9(7)13/h4-5,7,9H,1-3,6,13H2. The molecule has 2 N–H and O–H groups in total. The monoisotopic (exact) mass is 287 g/mol. The molecule has 1 saturated carbocycles. The Morgan fingerprint density at radius 1 is 1.60 bits per heavy atom. The summed E-state index contributed by atoms with van der Waals surface area (Å²) < 4.78 is 1.05. The van der Waals surface area contributed by atoms with Gasteiger partial charge in [-0.25, -0.2) is 0 Å². The molecule has 1 aromatic rings. The van der Waals surface area contributed by atoms with Crippen molar-refractivity contribution in [3.8, 4) is 0 Å². The molecule has 1 aliphatic carbocycles. The SMILES string of the molecule is NC1CCCC1C(=O)Cc1sccc1Br. The highest BCUT2D eigenvalue weighted by Crippen LogP contribution is 2.29. The van der Waals surface area contributed by atoms with Crippen molar-refractivity contribution in [2.45, 2.75) is 31.7 Å². The lowest BCUT2D eigenvalue weighted by Gasteiger charge is -2.13. The molecule has 2 unspecified atom stereocenters. The van der Waals surface area contributed by atoms with Crippen LogP contribution in [-0.4, -0.2) is 11.8 Å². The predicted molar refractivity (Wildman–Crippen MR) is 66.0 cm³/mol. The van der Waals surface area contributed by atoms with Gasteiger partial charge in [0.25, 0.3) is 0 Å². The minimum absolute atomic E-state index is 0.0937. The van der Waals surface area contributed by atoms with E-state index in [9.17, 15) is 4.79 Å². The van der Waals surface area contributed by atoms with Crippen molar-refractivity contribution in [3.63, 3.8) is 0 Å². The summed E-state index contributed by atoms with van der Waals surface area (Å²) >= 11 is 5.07. The summed E-state index contributed by atoms with van der Waals surface area (Å²) in [6.07, 6.45) is 3.62. The zero-order valence-electron chi connectivity index (χ0n) is 8.41. The topological polar surface area (TPSA) is 43.1 Å². The number of halogens is 1. The van der Waals surface area contributed by atoms with Crippen molar-refractivity contribution >= 4 is 33.0 Å². The van der Waals surface area contributed by atoms with Crippen molar-refractivity contribution in [1.29, 1.82) is 0 Å². The molecule has 0 saturated heterocycles.